The van der Waals surface area contributed by atoms with Crippen molar-refractivity contribution in [2.75, 3.05) is 6.61 Å². The molecule has 0 aromatic rings. The van der Waals surface area contributed by atoms with Gasteiger partial charge in [0.25, 0.3) is 0 Å². The van der Waals surface area contributed by atoms with Crippen LogP contribution >= 0.6 is 0 Å². The second-order valence-electron chi connectivity index (χ2n) is 18.3. The molecule has 0 rings (SSSR count). The first kappa shape index (κ1) is 55.4. The predicted molar refractivity (Wildman–Crippen MR) is 249 cm³/mol. The summed E-state index contributed by atoms with van der Waals surface area (Å²) < 4.78 is 0. The van der Waals surface area contributed by atoms with Crippen molar-refractivity contribution in [3.05, 3.63) is 0 Å². The number of hydrogen-bond acceptors (Lipinski definition) is 3. The van der Waals surface area contributed by atoms with E-state index >= 15 is 0 Å². The van der Waals surface area contributed by atoms with Crippen molar-refractivity contribution in [2.45, 2.75) is 321 Å². The smallest absolute Gasteiger partial charge is 0.220 e. The molecule has 0 aromatic carbocycles. The molecule has 2 unspecified atom stereocenters. The van der Waals surface area contributed by atoms with Gasteiger partial charge in [-0.3, -0.25) is 4.79 Å². The average Bonchev–Trinajstić information content (AvgIpc) is 3.20. The van der Waals surface area contributed by atoms with Gasteiger partial charge in [0.1, 0.15) is 0 Å². The lowest BCUT2D eigenvalue weighted by molar-refractivity contribution is -0.123. The maximum atomic E-state index is 12.5. The molecule has 2 atom stereocenters. The van der Waals surface area contributed by atoms with Crippen molar-refractivity contribution in [3.8, 4) is 0 Å². The second kappa shape index (κ2) is 48.8. The Morgan fingerprint density at radius 1 is 0.357 bits per heavy atom. The zero-order chi connectivity index (χ0) is 40.7. The van der Waals surface area contributed by atoms with E-state index in [0.717, 1.165) is 25.7 Å². The second-order valence-corrected chi connectivity index (χ2v) is 18.3. The maximum Gasteiger partial charge on any atom is 0.220 e. The van der Waals surface area contributed by atoms with Gasteiger partial charge in [-0.1, -0.05) is 290 Å². The molecule has 0 radical (unpaired) electrons. The van der Waals surface area contributed by atoms with Crippen molar-refractivity contribution >= 4 is 5.91 Å². The fraction of sp³-hybridized carbons (Fsp3) is 0.981. The SMILES string of the molecule is CCCCCCCCCCCCCCCCCCCCCCCCCCC(O)C(CO)NC(=O)CCCCCCCCCCCCCCCCCCCCCC. The summed E-state index contributed by atoms with van der Waals surface area (Å²) >= 11 is 0. The van der Waals surface area contributed by atoms with Gasteiger partial charge in [0, 0.05) is 6.42 Å². The Hall–Kier alpha value is -0.610. The van der Waals surface area contributed by atoms with E-state index in [0.29, 0.717) is 12.8 Å². The van der Waals surface area contributed by atoms with Gasteiger partial charge in [0.2, 0.25) is 5.91 Å². The number of aliphatic hydroxyl groups excluding tert-OH is 2. The molecule has 0 bridgehead atoms. The van der Waals surface area contributed by atoms with Gasteiger partial charge in [-0.15, -0.1) is 0 Å². The number of carbonyl (C=O) groups excluding carboxylic acids is 1. The molecule has 0 aliphatic carbocycles. The quantitative estimate of drug-likeness (QED) is 0.0538. The third-order valence-electron chi connectivity index (χ3n) is 12.6. The molecule has 0 saturated carbocycles. The molecule has 0 aliphatic rings. The largest absolute Gasteiger partial charge is 0.394 e. The fourth-order valence-corrected chi connectivity index (χ4v) is 8.60. The van der Waals surface area contributed by atoms with Gasteiger partial charge in [-0.25, -0.2) is 0 Å². The number of amides is 1. The summed E-state index contributed by atoms with van der Waals surface area (Å²) in [6, 6.07) is -0.530. The van der Waals surface area contributed by atoms with Crippen LogP contribution in [0.5, 0.6) is 0 Å². The van der Waals surface area contributed by atoms with Crippen LogP contribution < -0.4 is 5.32 Å². The van der Waals surface area contributed by atoms with Crippen LogP contribution in [0.1, 0.15) is 309 Å². The molecule has 336 valence electrons. The van der Waals surface area contributed by atoms with E-state index in [2.05, 4.69) is 19.2 Å². The normalized spacial score (nSPS) is 12.7. The van der Waals surface area contributed by atoms with E-state index in [-0.39, 0.29) is 12.5 Å². The molecular weight excluding hydrogens is 687 g/mol. The highest BCUT2D eigenvalue weighted by Gasteiger charge is 2.20. The molecule has 0 aliphatic heterocycles. The summed E-state index contributed by atoms with van der Waals surface area (Å²) in [6.07, 6.45) is 60.7. The first-order valence-electron chi connectivity index (χ1n) is 26.2. The molecule has 0 aromatic heterocycles. The first-order valence-corrected chi connectivity index (χ1v) is 26.2. The van der Waals surface area contributed by atoms with Crippen LogP contribution in [0.4, 0.5) is 0 Å². The van der Waals surface area contributed by atoms with Gasteiger partial charge >= 0.3 is 0 Å². The van der Waals surface area contributed by atoms with Crippen LogP contribution in [-0.2, 0) is 4.79 Å². The van der Waals surface area contributed by atoms with Crippen molar-refractivity contribution in [1.82, 2.24) is 5.32 Å². The lowest BCUT2D eigenvalue weighted by Crippen LogP contribution is -2.45. The molecule has 0 saturated heterocycles. The third kappa shape index (κ3) is 44.5. The van der Waals surface area contributed by atoms with Crippen molar-refractivity contribution in [2.24, 2.45) is 0 Å². The standard InChI is InChI=1S/C52H105NO3/c1-3-5-7-9-11-13-15-17-19-21-23-25-26-27-28-29-31-33-35-37-39-41-43-45-47-51(55)50(49-54)53-52(56)48-46-44-42-40-38-36-34-32-30-24-22-20-18-16-14-12-10-8-6-4-2/h50-51,54-55H,3-49H2,1-2H3,(H,53,56). The van der Waals surface area contributed by atoms with Crippen LogP contribution in [0.3, 0.4) is 0 Å². The molecule has 4 nitrogen and oxygen atoms in total. The fourth-order valence-electron chi connectivity index (χ4n) is 8.60. The molecular formula is C52H105NO3. The summed E-state index contributed by atoms with van der Waals surface area (Å²) in [5.74, 6) is -0.0231. The highest BCUT2D eigenvalue weighted by Crippen LogP contribution is 2.18. The monoisotopic (exact) mass is 792 g/mol. The minimum atomic E-state index is -0.654. The van der Waals surface area contributed by atoms with Gasteiger partial charge in [-0.05, 0) is 12.8 Å². The van der Waals surface area contributed by atoms with E-state index in [4.69, 9.17) is 0 Å². The number of rotatable bonds is 49. The van der Waals surface area contributed by atoms with Crippen LogP contribution in [0.2, 0.25) is 0 Å². The molecule has 1 amide bonds. The number of nitrogens with one attached hydrogen (secondary N) is 1. The lowest BCUT2D eigenvalue weighted by Gasteiger charge is -2.22. The minimum absolute atomic E-state index is 0.0231. The summed E-state index contributed by atoms with van der Waals surface area (Å²) in [6.45, 7) is 4.40. The van der Waals surface area contributed by atoms with Crippen LogP contribution in [0, 0.1) is 0 Å². The molecule has 0 heterocycles. The summed E-state index contributed by atoms with van der Waals surface area (Å²) in [4.78, 5) is 12.5. The van der Waals surface area contributed by atoms with Crippen LogP contribution in [0.15, 0.2) is 0 Å². The third-order valence-corrected chi connectivity index (χ3v) is 12.6. The van der Waals surface area contributed by atoms with Crippen LogP contribution in [0.25, 0.3) is 0 Å². The van der Waals surface area contributed by atoms with Crippen molar-refractivity contribution in [3.63, 3.8) is 0 Å². The van der Waals surface area contributed by atoms with Crippen molar-refractivity contribution < 1.29 is 15.0 Å². The van der Waals surface area contributed by atoms with E-state index in [9.17, 15) is 15.0 Å². The number of hydrogen-bond donors (Lipinski definition) is 3. The van der Waals surface area contributed by atoms with Gasteiger partial charge in [0.05, 0.1) is 18.8 Å². The number of aliphatic hydroxyl groups is 2. The van der Waals surface area contributed by atoms with Crippen LogP contribution in [-0.4, -0.2) is 34.9 Å². The summed E-state index contributed by atoms with van der Waals surface area (Å²) in [5.41, 5.74) is 0. The molecule has 0 spiro atoms. The maximum absolute atomic E-state index is 12.5. The highest BCUT2D eigenvalue weighted by atomic mass is 16.3. The van der Waals surface area contributed by atoms with Crippen molar-refractivity contribution in [1.29, 1.82) is 0 Å². The average molecular weight is 792 g/mol. The minimum Gasteiger partial charge on any atom is -0.394 e. The Morgan fingerprint density at radius 2 is 0.571 bits per heavy atom. The molecule has 56 heavy (non-hydrogen) atoms. The lowest BCUT2D eigenvalue weighted by atomic mass is 10.0. The molecule has 3 N–H and O–H groups in total. The van der Waals surface area contributed by atoms with Gasteiger partial charge in [0.15, 0.2) is 0 Å². The molecule has 0 fully saturated rings. The van der Waals surface area contributed by atoms with Gasteiger partial charge < -0.3 is 15.5 Å². The Bertz CT molecular complexity index is 729. The number of unbranched alkanes of at least 4 members (excludes halogenated alkanes) is 42. The highest BCUT2D eigenvalue weighted by molar-refractivity contribution is 5.76. The Morgan fingerprint density at radius 3 is 0.804 bits per heavy atom. The summed E-state index contributed by atoms with van der Waals surface area (Å²) in [7, 11) is 0. The Labute approximate surface area is 353 Å². The molecule has 4 heteroatoms. The zero-order valence-electron chi connectivity index (χ0n) is 38.7. The first-order chi connectivity index (χ1) is 27.7. The predicted octanol–water partition coefficient (Wildman–Crippen LogP) is 16.8. The van der Waals surface area contributed by atoms with E-state index in [1.165, 1.54) is 257 Å². The van der Waals surface area contributed by atoms with E-state index in [1.807, 2.05) is 0 Å². The topological polar surface area (TPSA) is 69.6 Å². The number of carbonyl (C=O) groups is 1. The van der Waals surface area contributed by atoms with E-state index in [1.54, 1.807) is 0 Å². The Balaban J connectivity index is 3.42. The van der Waals surface area contributed by atoms with Gasteiger partial charge in [-0.2, -0.15) is 0 Å². The summed E-state index contributed by atoms with van der Waals surface area (Å²) in [5, 5.41) is 23.3. The Kier molecular flexibility index (Phi) is 48.2. The van der Waals surface area contributed by atoms with E-state index < -0.39 is 12.1 Å². The zero-order valence-corrected chi connectivity index (χ0v) is 38.7.